The number of carbonyl (C=O) groups is 2. The minimum absolute atomic E-state index is 0.745. The number of amides is 1. The number of carboxylic acids is 1. The second-order valence-electron chi connectivity index (χ2n) is 1.33. The van der Waals surface area contributed by atoms with E-state index in [9.17, 15) is 18.0 Å². The Morgan fingerprint density at radius 2 is 1.58 bits per heavy atom. The number of primary amides is 1. The highest BCUT2D eigenvalue weighted by molar-refractivity contribution is 5.73. The van der Waals surface area contributed by atoms with Crippen LogP contribution in [0.15, 0.2) is 0 Å². The Balaban J connectivity index is 0. The van der Waals surface area contributed by atoms with Crippen LogP contribution in [-0.4, -0.2) is 30.5 Å². The smallest absolute Gasteiger partial charge is 0.475 e. The van der Waals surface area contributed by atoms with Gasteiger partial charge in [-0.1, -0.05) is 0 Å². The second-order valence-corrected chi connectivity index (χ2v) is 1.33. The van der Waals surface area contributed by atoms with Crippen molar-refractivity contribution in [2.75, 3.05) is 7.11 Å². The average Bonchev–Trinajstić information content (AvgIpc) is 1.87. The monoisotopic (exact) mass is 189 g/mol. The fourth-order valence-corrected chi connectivity index (χ4v) is 0. The number of carbonyl (C=O) groups excluding carboxylic acids is 1. The summed E-state index contributed by atoms with van der Waals surface area (Å²) in [6.45, 7) is 0. The van der Waals surface area contributed by atoms with Crippen molar-refractivity contribution in [2.24, 2.45) is 5.73 Å². The maximum atomic E-state index is 10.6. The Morgan fingerprint density at radius 3 is 1.58 bits per heavy atom. The van der Waals surface area contributed by atoms with Crippen molar-refractivity contribution in [1.29, 1.82) is 0 Å². The van der Waals surface area contributed by atoms with Crippen LogP contribution in [0, 0.1) is 0 Å². The molecule has 0 fully saturated rings. The molecule has 0 spiro atoms. The second kappa shape index (κ2) is 5.22. The van der Waals surface area contributed by atoms with Crippen LogP contribution in [0.1, 0.15) is 0 Å². The fraction of sp³-hybridized carbons (Fsp3) is 0.500. The summed E-state index contributed by atoms with van der Waals surface area (Å²) in [5.41, 5.74) is 4.43. The molecule has 0 unspecified atom stereocenters. The fourth-order valence-electron chi connectivity index (χ4n) is 0. The summed E-state index contributed by atoms with van der Waals surface area (Å²) >= 11 is 0. The Morgan fingerprint density at radius 1 is 1.42 bits per heavy atom. The van der Waals surface area contributed by atoms with Crippen LogP contribution in [0.5, 0.6) is 0 Å². The van der Waals surface area contributed by atoms with Crippen LogP contribution in [0.25, 0.3) is 0 Å². The topological polar surface area (TPSA) is 89.6 Å². The zero-order valence-corrected chi connectivity index (χ0v) is 5.88. The molecule has 0 saturated heterocycles. The van der Waals surface area contributed by atoms with Crippen LogP contribution in [0.2, 0.25) is 0 Å². The van der Waals surface area contributed by atoms with E-state index in [0.717, 1.165) is 0 Å². The lowest BCUT2D eigenvalue weighted by atomic mass is 10.7. The predicted molar refractivity (Wildman–Crippen MR) is 30.3 cm³/mol. The number of aliphatic carboxylic acids is 1. The number of rotatable bonds is 0. The molecule has 0 aromatic heterocycles. The maximum absolute atomic E-state index is 10.6. The molecule has 1 amide bonds. The molecule has 0 saturated carbocycles. The molecule has 5 nitrogen and oxygen atoms in total. The van der Waals surface area contributed by atoms with Crippen molar-refractivity contribution in [3.05, 3.63) is 0 Å². The van der Waals surface area contributed by atoms with E-state index in [0.29, 0.717) is 0 Å². The lowest BCUT2D eigenvalue weighted by Crippen LogP contribution is -2.21. The van der Waals surface area contributed by atoms with Crippen LogP contribution in [0.4, 0.5) is 18.0 Å². The zero-order valence-electron chi connectivity index (χ0n) is 5.88. The summed E-state index contributed by atoms with van der Waals surface area (Å²) in [7, 11) is 1.22. The minimum Gasteiger partial charge on any atom is -0.475 e. The van der Waals surface area contributed by atoms with Gasteiger partial charge >= 0.3 is 18.2 Å². The first-order valence-electron chi connectivity index (χ1n) is 2.35. The third-order valence-corrected chi connectivity index (χ3v) is 0.444. The summed E-state index contributed by atoms with van der Waals surface area (Å²) in [4.78, 5) is 18.3. The van der Waals surface area contributed by atoms with Crippen molar-refractivity contribution < 1.29 is 32.6 Å². The summed E-state index contributed by atoms with van der Waals surface area (Å²) in [6.07, 6.45) is -5.83. The van der Waals surface area contributed by atoms with Crippen molar-refractivity contribution >= 4 is 12.1 Å². The highest BCUT2D eigenvalue weighted by atomic mass is 19.4. The van der Waals surface area contributed by atoms with E-state index in [2.05, 4.69) is 10.5 Å². The molecule has 0 heterocycles. The van der Waals surface area contributed by atoms with Gasteiger partial charge in [0.25, 0.3) is 0 Å². The molecule has 0 aliphatic carbocycles. The van der Waals surface area contributed by atoms with Gasteiger partial charge in [-0.3, -0.25) is 0 Å². The Hall–Kier alpha value is -1.47. The number of nitrogens with two attached hydrogens (primary N) is 1. The summed E-state index contributed by atoms with van der Waals surface area (Å²) in [5.74, 6) is -2.76. The van der Waals surface area contributed by atoms with Gasteiger partial charge in [0.1, 0.15) is 0 Å². The third-order valence-electron chi connectivity index (χ3n) is 0.444. The standard InChI is InChI=1S/C2HF3O2.C2H5NO2/c3-2(4,5)1(6)7;1-5-2(3)4/h(H,6,7);1H3,(H2,3,4). The van der Waals surface area contributed by atoms with E-state index in [4.69, 9.17) is 9.90 Å². The summed E-state index contributed by atoms with van der Waals surface area (Å²) in [5, 5.41) is 7.12. The van der Waals surface area contributed by atoms with Gasteiger partial charge in [-0.15, -0.1) is 0 Å². The lowest BCUT2D eigenvalue weighted by Gasteiger charge is -1.93. The Bertz CT molecular complexity index is 166. The molecule has 3 N–H and O–H groups in total. The van der Waals surface area contributed by atoms with Crippen molar-refractivity contribution in [3.8, 4) is 0 Å². The van der Waals surface area contributed by atoms with Gasteiger partial charge < -0.3 is 15.6 Å². The normalized spacial score (nSPS) is 9.33. The molecule has 0 bridgehead atoms. The molecule has 0 atom stereocenters. The number of carboxylic acid groups (broad SMARTS) is 1. The predicted octanol–water partition coefficient (Wildman–Crippen LogP) is 0.345. The van der Waals surface area contributed by atoms with Crippen LogP contribution < -0.4 is 5.73 Å². The molecule has 72 valence electrons. The number of hydrogen-bond donors (Lipinski definition) is 2. The first kappa shape index (κ1) is 13.1. The molecule has 0 rings (SSSR count). The largest absolute Gasteiger partial charge is 0.490 e. The molecular weight excluding hydrogens is 183 g/mol. The van der Waals surface area contributed by atoms with Gasteiger partial charge in [-0.25, -0.2) is 9.59 Å². The maximum Gasteiger partial charge on any atom is 0.490 e. The minimum atomic E-state index is -5.08. The third kappa shape index (κ3) is 11.3. The first-order chi connectivity index (χ1) is 5.21. The van der Waals surface area contributed by atoms with Crippen molar-refractivity contribution in [3.63, 3.8) is 0 Å². The first-order valence-corrected chi connectivity index (χ1v) is 2.35. The average molecular weight is 189 g/mol. The SMILES string of the molecule is COC(N)=O.O=C(O)C(F)(F)F. The molecule has 0 aromatic rings. The van der Waals surface area contributed by atoms with E-state index in [1.165, 1.54) is 7.11 Å². The van der Waals surface area contributed by atoms with E-state index < -0.39 is 18.2 Å². The zero-order chi connectivity index (χ0) is 10.4. The van der Waals surface area contributed by atoms with E-state index in [1.807, 2.05) is 0 Å². The van der Waals surface area contributed by atoms with Crippen LogP contribution in [-0.2, 0) is 9.53 Å². The van der Waals surface area contributed by atoms with E-state index in [-0.39, 0.29) is 0 Å². The molecule has 0 aromatic carbocycles. The summed E-state index contributed by atoms with van der Waals surface area (Å²) in [6, 6.07) is 0. The van der Waals surface area contributed by atoms with Gasteiger partial charge in [0.2, 0.25) is 0 Å². The highest BCUT2D eigenvalue weighted by Gasteiger charge is 2.38. The number of methoxy groups -OCH3 is 1. The van der Waals surface area contributed by atoms with Crippen LogP contribution in [0.3, 0.4) is 0 Å². The molecule has 0 aliphatic rings. The molecule has 12 heavy (non-hydrogen) atoms. The van der Waals surface area contributed by atoms with Crippen LogP contribution >= 0.6 is 0 Å². The quantitative estimate of drug-likeness (QED) is 0.575. The summed E-state index contributed by atoms with van der Waals surface area (Å²) < 4.78 is 35.6. The van der Waals surface area contributed by atoms with Gasteiger partial charge in [0, 0.05) is 0 Å². The number of ether oxygens (including phenoxy) is 1. The Labute approximate surface area is 64.9 Å². The molecule has 0 radical (unpaired) electrons. The van der Waals surface area contributed by atoms with Gasteiger partial charge in [-0.05, 0) is 0 Å². The Kier molecular flexibility index (Phi) is 5.71. The van der Waals surface area contributed by atoms with Gasteiger partial charge in [0.05, 0.1) is 7.11 Å². The molecule has 0 aliphatic heterocycles. The highest BCUT2D eigenvalue weighted by Crippen LogP contribution is 2.13. The van der Waals surface area contributed by atoms with E-state index >= 15 is 0 Å². The van der Waals surface area contributed by atoms with Crippen molar-refractivity contribution in [1.82, 2.24) is 0 Å². The number of hydrogen-bond acceptors (Lipinski definition) is 3. The van der Waals surface area contributed by atoms with Gasteiger partial charge in [0.15, 0.2) is 0 Å². The van der Waals surface area contributed by atoms with Gasteiger partial charge in [-0.2, -0.15) is 13.2 Å². The molecule has 8 heteroatoms. The van der Waals surface area contributed by atoms with E-state index in [1.54, 1.807) is 0 Å². The number of halogens is 3. The number of alkyl halides is 3. The van der Waals surface area contributed by atoms with Crippen molar-refractivity contribution in [2.45, 2.75) is 6.18 Å². The lowest BCUT2D eigenvalue weighted by molar-refractivity contribution is -0.192. The molecular formula is C4H6F3NO4.